The van der Waals surface area contributed by atoms with Gasteiger partial charge in [-0.15, -0.1) is 24.0 Å². The molecule has 0 aliphatic carbocycles. The van der Waals surface area contributed by atoms with E-state index in [-0.39, 0.29) is 36.4 Å². The molecule has 0 saturated heterocycles. The minimum Gasteiger partial charge on any atom is -0.497 e. The van der Waals surface area contributed by atoms with Crippen molar-refractivity contribution >= 4 is 35.8 Å². The third-order valence-electron chi connectivity index (χ3n) is 4.46. The van der Waals surface area contributed by atoms with Gasteiger partial charge >= 0.3 is 0 Å². The number of carbonyl (C=O) groups is 1. The third kappa shape index (κ3) is 7.56. The summed E-state index contributed by atoms with van der Waals surface area (Å²) in [5, 5.41) is 13.5. The Bertz CT molecular complexity index is 817. The van der Waals surface area contributed by atoms with Gasteiger partial charge in [0.05, 0.1) is 25.9 Å². The molecule has 3 N–H and O–H groups in total. The fraction of sp³-hybridized carbons (Fsp3) is 0.450. The van der Waals surface area contributed by atoms with Crippen LogP contribution in [0.2, 0.25) is 0 Å². The SMILES string of the molecule is CCNC(=NCc1c(C)nn(C)c1C)NCC(=O)NCc1ccc(OC)cc1.I. The summed E-state index contributed by atoms with van der Waals surface area (Å²) in [6, 6.07) is 7.60. The zero-order valence-corrected chi connectivity index (χ0v) is 20.0. The number of aromatic nitrogens is 2. The number of hydrogen-bond acceptors (Lipinski definition) is 4. The van der Waals surface area contributed by atoms with Crippen molar-refractivity contribution in [2.45, 2.75) is 33.9 Å². The Balaban J connectivity index is 0.00000420. The highest BCUT2D eigenvalue weighted by molar-refractivity contribution is 14.0. The zero-order chi connectivity index (χ0) is 20.5. The topological polar surface area (TPSA) is 92.6 Å². The highest BCUT2D eigenvalue weighted by Crippen LogP contribution is 2.13. The predicted octanol–water partition coefficient (Wildman–Crippen LogP) is 2.04. The Hall–Kier alpha value is -2.30. The number of aryl methyl sites for hydroxylation is 2. The molecule has 1 amide bonds. The van der Waals surface area contributed by atoms with Crippen LogP contribution in [0.4, 0.5) is 0 Å². The first kappa shape index (κ1) is 24.7. The second kappa shape index (κ2) is 12.3. The first-order valence-corrected chi connectivity index (χ1v) is 9.35. The number of amides is 1. The number of nitrogens with zero attached hydrogens (tertiary/aromatic N) is 3. The van der Waals surface area contributed by atoms with Gasteiger partial charge in [0.25, 0.3) is 0 Å². The zero-order valence-electron chi connectivity index (χ0n) is 17.7. The summed E-state index contributed by atoms with van der Waals surface area (Å²) < 4.78 is 6.99. The first-order valence-electron chi connectivity index (χ1n) is 9.35. The van der Waals surface area contributed by atoms with E-state index in [1.165, 1.54) is 0 Å². The molecule has 160 valence electrons. The van der Waals surface area contributed by atoms with Gasteiger partial charge in [-0.1, -0.05) is 12.1 Å². The summed E-state index contributed by atoms with van der Waals surface area (Å²) in [7, 11) is 3.55. The van der Waals surface area contributed by atoms with Crippen molar-refractivity contribution in [2.75, 3.05) is 20.2 Å². The normalized spacial score (nSPS) is 10.9. The van der Waals surface area contributed by atoms with Crippen LogP contribution in [-0.2, 0) is 24.9 Å². The molecule has 1 aromatic heterocycles. The molecule has 0 unspecified atom stereocenters. The van der Waals surface area contributed by atoms with Crippen LogP contribution >= 0.6 is 24.0 Å². The van der Waals surface area contributed by atoms with E-state index in [2.05, 4.69) is 26.0 Å². The molecule has 0 aliphatic heterocycles. The van der Waals surface area contributed by atoms with Crippen molar-refractivity contribution in [2.24, 2.45) is 12.0 Å². The van der Waals surface area contributed by atoms with Gasteiger partial charge in [0.2, 0.25) is 5.91 Å². The first-order chi connectivity index (χ1) is 13.4. The highest BCUT2D eigenvalue weighted by atomic mass is 127. The van der Waals surface area contributed by atoms with Gasteiger partial charge in [0.1, 0.15) is 5.75 Å². The average molecular weight is 514 g/mol. The lowest BCUT2D eigenvalue weighted by atomic mass is 10.2. The highest BCUT2D eigenvalue weighted by Gasteiger charge is 2.09. The molecular weight excluding hydrogens is 483 g/mol. The Kier molecular flexibility index (Phi) is 10.5. The van der Waals surface area contributed by atoms with E-state index >= 15 is 0 Å². The smallest absolute Gasteiger partial charge is 0.239 e. The number of halogens is 1. The van der Waals surface area contributed by atoms with E-state index in [4.69, 9.17) is 4.74 Å². The number of guanidine groups is 1. The Morgan fingerprint density at radius 2 is 1.86 bits per heavy atom. The van der Waals surface area contributed by atoms with Crippen LogP contribution in [0, 0.1) is 13.8 Å². The maximum absolute atomic E-state index is 12.1. The van der Waals surface area contributed by atoms with E-state index in [9.17, 15) is 4.79 Å². The van der Waals surface area contributed by atoms with Crippen LogP contribution in [0.1, 0.15) is 29.4 Å². The molecule has 0 spiro atoms. The molecule has 1 heterocycles. The maximum atomic E-state index is 12.1. The van der Waals surface area contributed by atoms with Gasteiger partial charge in [-0.3, -0.25) is 9.48 Å². The molecule has 9 heteroatoms. The van der Waals surface area contributed by atoms with E-state index < -0.39 is 0 Å². The lowest BCUT2D eigenvalue weighted by Gasteiger charge is -2.12. The Morgan fingerprint density at radius 3 is 2.41 bits per heavy atom. The minimum atomic E-state index is -0.102. The summed E-state index contributed by atoms with van der Waals surface area (Å²) in [6.45, 7) is 7.82. The maximum Gasteiger partial charge on any atom is 0.239 e. The van der Waals surface area contributed by atoms with Crippen LogP contribution in [-0.4, -0.2) is 41.8 Å². The number of hydrogen-bond donors (Lipinski definition) is 3. The summed E-state index contributed by atoms with van der Waals surface area (Å²) in [5.41, 5.74) is 4.17. The standard InChI is InChI=1S/C20H30N6O2.HI/c1-6-21-20(23-12-18-14(2)25-26(4)15(18)3)24-13-19(27)22-11-16-7-9-17(28-5)10-8-16;/h7-10H,6,11-13H2,1-5H3,(H,22,27)(H2,21,23,24);1H. The number of ether oxygens (including phenoxy) is 1. The van der Waals surface area contributed by atoms with Crippen LogP contribution in [0.15, 0.2) is 29.3 Å². The summed E-state index contributed by atoms with van der Waals surface area (Å²) in [5.74, 6) is 1.29. The van der Waals surface area contributed by atoms with Gasteiger partial charge in [-0.25, -0.2) is 4.99 Å². The summed E-state index contributed by atoms with van der Waals surface area (Å²) in [6.07, 6.45) is 0. The van der Waals surface area contributed by atoms with Crippen LogP contribution in [0.25, 0.3) is 0 Å². The van der Waals surface area contributed by atoms with E-state index in [0.29, 0.717) is 25.6 Å². The lowest BCUT2D eigenvalue weighted by molar-refractivity contribution is -0.120. The molecule has 8 nitrogen and oxygen atoms in total. The minimum absolute atomic E-state index is 0. The van der Waals surface area contributed by atoms with Crippen LogP contribution < -0.4 is 20.7 Å². The second-order valence-corrected chi connectivity index (χ2v) is 6.45. The van der Waals surface area contributed by atoms with Crippen LogP contribution in [0.3, 0.4) is 0 Å². The van der Waals surface area contributed by atoms with E-state index in [1.807, 2.05) is 56.8 Å². The molecule has 0 atom stereocenters. The Labute approximate surface area is 189 Å². The lowest BCUT2D eigenvalue weighted by Crippen LogP contribution is -2.43. The van der Waals surface area contributed by atoms with Crippen molar-refractivity contribution in [1.82, 2.24) is 25.7 Å². The van der Waals surface area contributed by atoms with E-state index in [1.54, 1.807) is 7.11 Å². The summed E-state index contributed by atoms with van der Waals surface area (Å²) >= 11 is 0. The number of methoxy groups -OCH3 is 1. The van der Waals surface area contributed by atoms with Crippen LogP contribution in [0.5, 0.6) is 5.75 Å². The van der Waals surface area contributed by atoms with Crippen molar-refractivity contribution in [1.29, 1.82) is 0 Å². The van der Waals surface area contributed by atoms with Crippen molar-refractivity contribution in [3.05, 3.63) is 46.8 Å². The van der Waals surface area contributed by atoms with Crippen molar-refractivity contribution in [3.63, 3.8) is 0 Å². The largest absolute Gasteiger partial charge is 0.497 e. The van der Waals surface area contributed by atoms with Crippen molar-refractivity contribution < 1.29 is 9.53 Å². The molecule has 0 radical (unpaired) electrons. The number of aliphatic imine (C=N–C) groups is 1. The molecule has 0 saturated carbocycles. The molecular formula is C20H31IN6O2. The van der Waals surface area contributed by atoms with Gasteiger partial charge in [-0.05, 0) is 38.5 Å². The average Bonchev–Trinajstić information content (AvgIpc) is 2.94. The Morgan fingerprint density at radius 1 is 1.17 bits per heavy atom. The van der Waals surface area contributed by atoms with Gasteiger partial charge in [0, 0.05) is 31.4 Å². The molecule has 2 aromatic rings. The molecule has 2 rings (SSSR count). The molecule has 0 aliphatic rings. The third-order valence-corrected chi connectivity index (χ3v) is 4.46. The number of rotatable bonds is 8. The molecule has 1 aromatic carbocycles. The molecule has 0 bridgehead atoms. The molecule has 0 fully saturated rings. The van der Waals surface area contributed by atoms with Gasteiger partial charge in [0.15, 0.2) is 5.96 Å². The monoisotopic (exact) mass is 514 g/mol. The second-order valence-electron chi connectivity index (χ2n) is 6.45. The predicted molar refractivity (Wildman–Crippen MR) is 126 cm³/mol. The number of carbonyl (C=O) groups excluding carboxylic acids is 1. The fourth-order valence-electron chi connectivity index (χ4n) is 2.72. The van der Waals surface area contributed by atoms with Gasteiger partial charge < -0.3 is 20.7 Å². The van der Waals surface area contributed by atoms with Gasteiger partial charge in [-0.2, -0.15) is 5.10 Å². The summed E-state index contributed by atoms with van der Waals surface area (Å²) in [4.78, 5) is 16.7. The number of benzene rings is 1. The number of nitrogens with one attached hydrogen (secondary N) is 3. The quantitative estimate of drug-likeness (QED) is 0.285. The molecule has 29 heavy (non-hydrogen) atoms. The van der Waals surface area contributed by atoms with E-state index in [0.717, 1.165) is 28.3 Å². The fourth-order valence-corrected chi connectivity index (χ4v) is 2.72. The van der Waals surface area contributed by atoms with Crippen molar-refractivity contribution in [3.8, 4) is 5.75 Å².